The molecule has 1 saturated heterocycles. The van der Waals surface area contributed by atoms with E-state index < -0.39 is 24.0 Å². The molecule has 1 fully saturated rings. The number of carbonyl (C=O) groups is 2. The van der Waals surface area contributed by atoms with Gasteiger partial charge in [-0.05, 0) is 0 Å². The Morgan fingerprint density at radius 2 is 2.30 bits per heavy atom. The molecule has 10 heavy (non-hydrogen) atoms. The Morgan fingerprint density at radius 3 is 2.50 bits per heavy atom. The minimum absolute atomic E-state index is 0.114. The molecule has 1 aliphatic rings. The highest BCUT2D eigenvalue weighted by molar-refractivity contribution is 5.88. The summed E-state index contributed by atoms with van der Waals surface area (Å²) in [6, 6.07) is -1.12. The van der Waals surface area contributed by atoms with Gasteiger partial charge in [0.25, 0.3) is 0 Å². The first kappa shape index (κ1) is 7.01. The number of amides is 1. The first-order chi connectivity index (χ1) is 4.61. The van der Waals surface area contributed by atoms with E-state index in [2.05, 4.69) is 5.32 Å². The lowest BCUT2D eigenvalue weighted by Gasteiger charge is -2.06. The van der Waals surface area contributed by atoms with Crippen molar-refractivity contribution in [3.05, 3.63) is 0 Å². The van der Waals surface area contributed by atoms with Gasteiger partial charge in [0, 0.05) is 0 Å². The normalized spacial score (nSPS) is 31.9. The quantitative estimate of drug-likeness (QED) is 0.411. The van der Waals surface area contributed by atoms with Crippen molar-refractivity contribution in [3.8, 4) is 0 Å². The Hall–Kier alpha value is -1.10. The lowest BCUT2D eigenvalue weighted by Crippen LogP contribution is -2.39. The lowest BCUT2D eigenvalue weighted by molar-refractivity contribution is -0.141. The van der Waals surface area contributed by atoms with E-state index in [0.717, 1.165) is 0 Å². The summed E-state index contributed by atoms with van der Waals surface area (Å²) in [5, 5.41) is 19.3. The van der Waals surface area contributed by atoms with Crippen molar-refractivity contribution in [2.45, 2.75) is 18.6 Å². The van der Waals surface area contributed by atoms with Crippen molar-refractivity contribution < 1.29 is 19.8 Å². The molecule has 0 aromatic carbocycles. The fraction of sp³-hybridized carbons (Fsp3) is 0.600. The summed E-state index contributed by atoms with van der Waals surface area (Å²) in [4.78, 5) is 20.6. The summed E-state index contributed by atoms with van der Waals surface area (Å²) in [5.41, 5.74) is 0. The molecule has 1 amide bonds. The van der Waals surface area contributed by atoms with E-state index in [1.54, 1.807) is 0 Å². The third-order valence-corrected chi connectivity index (χ3v) is 1.36. The summed E-state index contributed by atoms with van der Waals surface area (Å²) in [6.45, 7) is 0. The minimum Gasteiger partial charge on any atom is -0.480 e. The molecule has 0 aromatic heterocycles. The highest BCUT2D eigenvalue weighted by Gasteiger charge is 2.35. The number of aliphatic carboxylic acids is 1. The maximum atomic E-state index is 10.4. The van der Waals surface area contributed by atoms with Crippen LogP contribution in [0.3, 0.4) is 0 Å². The molecule has 5 heteroatoms. The van der Waals surface area contributed by atoms with Gasteiger partial charge in [-0.3, -0.25) is 4.79 Å². The number of carboxylic acids is 1. The molecule has 0 saturated carbocycles. The van der Waals surface area contributed by atoms with E-state index >= 15 is 0 Å². The third kappa shape index (κ3) is 1.08. The van der Waals surface area contributed by atoms with Gasteiger partial charge in [-0.2, -0.15) is 0 Å². The smallest absolute Gasteiger partial charge is 0.328 e. The molecule has 1 heterocycles. The number of carbonyl (C=O) groups excluding carboxylic acids is 1. The maximum absolute atomic E-state index is 10.4. The number of aliphatic hydroxyl groups excluding tert-OH is 1. The predicted molar refractivity (Wildman–Crippen MR) is 30.2 cm³/mol. The Balaban J connectivity index is 2.63. The molecule has 1 aliphatic heterocycles. The molecule has 0 radical (unpaired) electrons. The van der Waals surface area contributed by atoms with Gasteiger partial charge in [-0.15, -0.1) is 0 Å². The van der Waals surface area contributed by atoms with E-state index in [0.29, 0.717) is 0 Å². The molecule has 0 aliphatic carbocycles. The number of carboxylic acid groups (broad SMARTS) is 1. The van der Waals surface area contributed by atoms with Crippen molar-refractivity contribution >= 4 is 11.9 Å². The zero-order chi connectivity index (χ0) is 7.72. The summed E-state index contributed by atoms with van der Waals surface area (Å²) in [7, 11) is 0. The Kier molecular flexibility index (Phi) is 1.58. The first-order valence-electron chi connectivity index (χ1n) is 2.81. The van der Waals surface area contributed by atoms with Crippen molar-refractivity contribution in [2.24, 2.45) is 0 Å². The average molecular weight is 145 g/mol. The fourth-order valence-corrected chi connectivity index (χ4v) is 0.863. The van der Waals surface area contributed by atoms with E-state index in [1.807, 2.05) is 0 Å². The zero-order valence-corrected chi connectivity index (χ0v) is 5.07. The molecular formula is C5H7NO4. The molecule has 56 valence electrons. The SMILES string of the molecule is O=C1CC(O)C(C(=O)O)N1. The summed E-state index contributed by atoms with van der Waals surface area (Å²) < 4.78 is 0. The van der Waals surface area contributed by atoms with Gasteiger partial charge in [-0.25, -0.2) is 4.79 Å². The van der Waals surface area contributed by atoms with Crippen LogP contribution in [0.1, 0.15) is 6.42 Å². The number of aliphatic hydroxyl groups is 1. The van der Waals surface area contributed by atoms with Gasteiger partial charge in [-0.1, -0.05) is 0 Å². The highest BCUT2D eigenvalue weighted by Crippen LogP contribution is 2.07. The van der Waals surface area contributed by atoms with Gasteiger partial charge in [0.1, 0.15) is 0 Å². The maximum Gasteiger partial charge on any atom is 0.328 e. The minimum atomic E-state index is -1.20. The second kappa shape index (κ2) is 2.26. The fourth-order valence-electron chi connectivity index (χ4n) is 0.863. The number of nitrogens with one attached hydrogen (secondary N) is 1. The average Bonchev–Trinajstić information content (AvgIpc) is 2.10. The second-order valence-electron chi connectivity index (χ2n) is 2.15. The Labute approximate surface area is 56.7 Å². The van der Waals surface area contributed by atoms with Crippen LogP contribution in [0, 0.1) is 0 Å². The van der Waals surface area contributed by atoms with Crippen LogP contribution in [-0.2, 0) is 9.59 Å². The van der Waals surface area contributed by atoms with Crippen LogP contribution in [0.25, 0.3) is 0 Å². The molecule has 2 unspecified atom stereocenters. The molecular weight excluding hydrogens is 138 g/mol. The number of rotatable bonds is 1. The van der Waals surface area contributed by atoms with Crippen LogP contribution in [0.4, 0.5) is 0 Å². The van der Waals surface area contributed by atoms with Gasteiger partial charge >= 0.3 is 5.97 Å². The molecule has 0 aromatic rings. The molecule has 3 N–H and O–H groups in total. The lowest BCUT2D eigenvalue weighted by atomic mass is 10.2. The van der Waals surface area contributed by atoms with Crippen LogP contribution < -0.4 is 5.32 Å². The number of hydrogen-bond acceptors (Lipinski definition) is 3. The first-order valence-corrected chi connectivity index (χ1v) is 2.81. The van der Waals surface area contributed by atoms with Gasteiger partial charge in [0.2, 0.25) is 5.91 Å². The monoisotopic (exact) mass is 145 g/mol. The molecule has 5 nitrogen and oxygen atoms in total. The Bertz CT molecular complexity index is 178. The van der Waals surface area contributed by atoms with Crippen molar-refractivity contribution in [3.63, 3.8) is 0 Å². The van der Waals surface area contributed by atoms with Crippen molar-refractivity contribution in [1.82, 2.24) is 5.32 Å². The van der Waals surface area contributed by atoms with E-state index in [9.17, 15) is 9.59 Å². The van der Waals surface area contributed by atoms with Crippen molar-refractivity contribution in [1.29, 1.82) is 0 Å². The molecule has 0 bridgehead atoms. The second-order valence-corrected chi connectivity index (χ2v) is 2.15. The van der Waals surface area contributed by atoms with Gasteiger partial charge in [0.15, 0.2) is 6.04 Å². The van der Waals surface area contributed by atoms with Crippen LogP contribution in [0.15, 0.2) is 0 Å². The van der Waals surface area contributed by atoms with Crippen LogP contribution in [0.5, 0.6) is 0 Å². The van der Waals surface area contributed by atoms with Crippen molar-refractivity contribution in [2.75, 3.05) is 0 Å². The standard InChI is InChI=1S/C5H7NO4/c7-2-1-3(8)6-4(2)5(9)10/h2,4,7H,1H2,(H,6,8)(H,9,10). The summed E-state index contributed by atoms with van der Waals surface area (Å²) >= 11 is 0. The largest absolute Gasteiger partial charge is 0.480 e. The van der Waals surface area contributed by atoms with Gasteiger partial charge < -0.3 is 15.5 Å². The van der Waals surface area contributed by atoms with Crippen LogP contribution in [0.2, 0.25) is 0 Å². The molecule has 1 rings (SSSR count). The zero-order valence-electron chi connectivity index (χ0n) is 5.07. The predicted octanol–water partition coefficient (Wildman–Crippen LogP) is -1.68. The van der Waals surface area contributed by atoms with Gasteiger partial charge in [0.05, 0.1) is 12.5 Å². The Morgan fingerprint density at radius 1 is 1.70 bits per heavy atom. The third-order valence-electron chi connectivity index (χ3n) is 1.36. The topological polar surface area (TPSA) is 86.6 Å². The highest BCUT2D eigenvalue weighted by atomic mass is 16.4. The van der Waals surface area contributed by atoms with E-state index in [4.69, 9.17) is 10.2 Å². The summed E-state index contributed by atoms with van der Waals surface area (Å²) in [6.07, 6.45) is -1.19. The van der Waals surface area contributed by atoms with Crippen LogP contribution in [-0.4, -0.2) is 34.2 Å². The summed E-state index contributed by atoms with van der Waals surface area (Å²) in [5.74, 6) is -1.61. The molecule has 2 atom stereocenters. The van der Waals surface area contributed by atoms with E-state index in [1.165, 1.54) is 0 Å². The molecule has 0 spiro atoms. The van der Waals surface area contributed by atoms with Crippen LogP contribution >= 0.6 is 0 Å². The number of hydrogen-bond donors (Lipinski definition) is 3. The van der Waals surface area contributed by atoms with E-state index in [-0.39, 0.29) is 6.42 Å².